The molecule has 26 heavy (non-hydrogen) atoms. The SMILES string of the molecule is CN(C)c1nc(N)nc(COC(=O)c2ccc(N3CCOCC3)nc2)n1. The van der Waals surface area contributed by atoms with Crippen LogP contribution in [0.1, 0.15) is 16.2 Å². The molecule has 1 fully saturated rings. The summed E-state index contributed by atoms with van der Waals surface area (Å²) in [7, 11) is 3.57. The summed E-state index contributed by atoms with van der Waals surface area (Å²) in [5.74, 6) is 1.07. The second-order valence-electron chi connectivity index (χ2n) is 5.88. The molecule has 0 aliphatic carbocycles. The first-order chi connectivity index (χ1) is 12.5. The molecule has 10 heteroatoms. The normalized spacial score (nSPS) is 14.2. The van der Waals surface area contributed by atoms with Crippen LogP contribution in [-0.4, -0.2) is 66.3 Å². The minimum absolute atomic E-state index is 0.0753. The van der Waals surface area contributed by atoms with Crippen molar-refractivity contribution in [3.8, 4) is 0 Å². The largest absolute Gasteiger partial charge is 0.454 e. The molecular weight excluding hydrogens is 338 g/mol. The standard InChI is InChI=1S/C16H21N7O3/c1-22(2)16-20-12(19-15(17)21-16)10-26-14(24)11-3-4-13(18-9-11)23-5-7-25-8-6-23/h3-4,9H,5-8,10H2,1-2H3,(H2,17,19,20,21). The third kappa shape index (κ3) is 4.33. The highest BCUT2D eigenvalue weighted by Gasteiger charge is 2.15. The summed E-state index contributed by atoms with van der Waals surface area (Å²) < 4.78 is 10.6. The van der Waals surface area contributed by atoms with Crippen molar-refractivity contribution in [1.82, 2.24) is 19.9 Å². The van der Waals surface area contributed by atoms with E-state index in [0.717, 1.165) is 18.9 Å². The number of nitrogens with two attached hydrogens (primary N) is 1. The highest BCUT2D eigenvalue weighted by molar-refractivity contribution is 5.89. The molecule has 3 heterocycles. The molecule has 0 aromatic carbocycles. The third-order valence-electron chi connectivity index (χ3n) is 3.74. The number of pyridine rings is 1. The van der Waals surface area contributed by atoms with Crippen LogP contribution in [0, 0.1) is 0 Å². The van der Waals surface area contributed by atoms with E-state index in [1.165, 1.54) is 6.20 Å². The lowest BCUT2D eigenvalue weighted by Crippen LogP contribution is -2.36. The highest BCUT2D eigenvalue weighted by atomic mass is 16.5. The lowest BCUT2D eigenvalue weighted by atomic mass is 10.2. The van der Waals surface area contributed by atoms with E-state index in [0.29, 0.717) is 24.7 Å². The number of ether oxygens (including phenoxy) is 2. The predicted octanol–water partition coefficient (Wildman–Crippen LogP) is 0.108. The predicted molar refractivity (Wildman–Crippen MR) is 95.0 cm³/mol. The number of anilines is 3. The van der Waals surface area contributed by atoms with Gasteiger partial charge in [-0.2, -0.15) is 15.0 Å². The molecule has 0 amide bonds. The van der Waals surface area contributed by atoms with Crippen molar-refractivity contribution >= 4 is 23.7 Å². The molecule has 0 radical (unpaired) electrons. The molecule has 2 aromatic rings. The number of rotatable bonds is 5. The lowest BCUT2D eigenvalue weighted by Gasteiger charge is -2.27. The number of nitrogen functional groups attached to an aromatic ring is 1. The van der Waals surface area contributed by atoms with Crippen LogP contribution in [0.15, 0.2) is 18.3 Å². The second kappa shape index (κ2) is 7.91. The van der Waals surface area contributed by atoms with Crippen molar-refractivity contribution in [3.63, 3.8) is 0 Å². The van der Waals surface area contributed by atoms with Gasteiger partial charge in [-0.05, 0) is 12.1 Å². The maximum Gasteiger partial charge on any atom is 0.340 e. The maximum absolute atomic E-state index is 12.2. The first-order valence-electron chi connectivity index (χ1n) is 8.16. The van der Waals surface area contributed by atoms with Crippen molar-refractivity contribution < 1.29 is 14.3 Å². The van der Waals surface area contributed by atoms with E-state index in [1.54, 1.807) is 31.1 Å². The second-order valence-corrected chi connectivity index (χ2v) is 5.88. The number of nitrogens with zero attached hydrogens (tertiary/aromatic N) is 6. The van der Waals surface area contributed by atoms with Crippen molar-refractivity contribution in [2.75, 3.05) is 55.9 Å². The first kappa shape index (κ1) is 17.8. The molecule has 2 N–H and O–H groups in total. The zero-order chi connectivity index (χ0) is 18.5. The van der Waals surface area contributed by atoms with E-state index in [-0.39, 0.29) is 18.4 Å². The summed E-state index contributed by atoms with van der Waals surface area (Å²) in [6, 6.07) is 3.49. The number of carbonyl (C=O) groups is 1. The topological polar surface area (TPSA) is 120 Å². The Morgan fingerprint density at radius 3 is 2.69 bits per heavy atom. The summed E-state index contributed by atoms with van der Waals surface area (Å²) in [5, 5.41) is 0. The summed E-state index contributed by atoms with van der Waals surface area (Å²) in [4.78, 5) is 32.5. The van der Waals surface area contributed by atoms with Crippen LogP contribution in [0.4, 0.5) is 17.7 Å². The molecule has 1 aliphatic rings. The van der Waals surface area contributed by atoms with Crippen molar-refractivity contribution in [3.05, 3.63) is 29.7 Å². The van der Waals surface area contributed by atoms with Crippen LogP contribution in [0.25, 0.3) is 0 Å². The van der Waals surface area contributed by atoms with Gasteiger partial charge >= 0.3 is 5.97 Å². The Morgan fingerprint density at radius 1 is 1.27 bits per heavy atom. The zero-order valence-electron chi connectivity index (χ0n) is 14.8. The fourth-order valence-corrected chi connectivity index (χ4v) is 2.39. The van der Waals surface area contributed by atoms with Gasteiger partial charge in [0.15, 0.2) is 12.4 Å². The molecule has 2 aromatic heterocycles. The molecule has 0 spiro atoms. The van der Waals surface area contributed by atoms with Gasteiger partial charge in [-0.25, -0.2) is 9.78 Å². The summed E-state index contributed by atoms with van der Waals surface area (Å²) in [5.41, 5.74) is 6.01. The Bertz CT molecular complexity index is 761. The molecule has 0 saturated carbocycles. The Kier molecular flexibility index (Phi) is 5.42. The molecule has 3 rings (SSSR count). The van der Waals surface area contributed by atoms with Crippen LogP contribution in [0.2, 0.25) is 0 Å². The fourth-order valence-electron chi connectivity index (χ4n) is 2.39. The third-order valence-corrected chi connectivity index (χ3v) is 3.74. The van der Waals surface area contributed by atoms with E-state index in [2.05, 4.69) is 24.8 Å². The molecule has 0 atom stereocenters. The van der Waals surface area contributed by atoms with Gasteiger partial charge < -0.3 is 25.0 Å². The van der Waals surface area contributed by atoms with Crippen LogP contribution in [0.5, 0.6) is 0 Å². The quantitative estimate of drug-likeness (QED) is 0.736. The number of hydrogen-bond acceptors (Lipinski definition) is 10. The van der Waals surface area contributed by atoms with Gasteiger partial charge in [0, 0.05) is 33.4 Å². The summed E-state index contributed by atoms with van der Waals surface area (Å²) in [6.45, 7) is 2.82. The minimum Gasteiger partial charge on any atom is -0.454 e. The van der Waals surface area contributed by atoms with E-state index in [9.17, 15) is 4.79 Å². The lowest BCUT2D eigenvalue weighted by molar-refractivity contribution is 0.0461. The summed E-state index contributed by atoms with van der Waals surface area (Å²) in [6.07, 6.45) is 1.50. The molecule has 1 saturated heterocycles. The number of morpholine rings is 1. The Balaban J connectivity index is 1.61. The molecule has 10 nitrogen and oxygen atoms in total. The Labute approximate surface area is 151 Å². The van der Waals surface area contributed by atoms with E-state index < -0.39 is 5.97 Å². The van der Waals surface area contributed by atoms with Crippen LogP contribution < -0.4 is 15.5 Å². The van der Waals surface area contributed by atoms with Crippen molar-refractivity contribution in [1.29, 1.82) is 0 Å². The summed E-state index contributed by atoms with van der Waals surface area (Å²) >= 11 is 0. The average Bonchev–Trinajstić information content (AvgIpc) is 2.66. The molecular formula is C16H21N7O3. The minimum atomic E-state index is -0.503. The average molecular weight is 359 g/mol. The van der Waals surface area contributed by atoms with Gasteiger partial charge in [0.2, 0.25) is 11.9 Å². The van der Waals surface area contributed by atoms with E-state index in [1.807, 2.05) is 0 Å². The fraction of sp³-hybridized carbons (Fsp3) is 0.438. The van der Waals surface area contributed by atoms with Gasteiger partial charge in [-0.3, -0.25) is 0 Å². The highest BCUT2D eigenvalue weighted by Crippen LogP contribution is 2.14. The van der Waals surface area contributed by atoms with E-state index in [4.69, 9.17) is 15.2 Å². The van der Waals surface area contributed by atoms with Gasteiger partial charge in [0.25, 0.3) is 0 Å². The van der Waals surface area contributed by atoms with Crippen molar-refractivity contribution in [2.45, 2.75) is 6.61 Å². The van der Waals surface area contributed by atoms with Gasteiger partial charge in [-0.15, -0.1) is 0 Å². The van der Waals surface area contributed by atoms with Crippen LogP contribution in [0.3, 0.4) is 0 Å². The van der Waals surface area contributed by atoms with Crippen molar-refractivity contribution in [2.24, 2.45) is 0 Å². The number of hydrogen-bond donors (Lipinski definition) is 1. The maximum atomic E-state index is 12.2. The van der Waals surface area contributed by atoms with Gasteiger partial charge in [0.1, 0.15) is 5.82 Å². The monoisotopic (exact) mass is 359 g/mol. The van der Waals surface area contributed by atoms with Crippen LogP contribution in [-0.2, 0) is 16.1 Å². The molecule has 0 unspecified atom stereocenters. The number of esters is 1. The van der Waals surface area contributed by atoms with Gasteiger partial charge in [0.05, 0.1) is 18.8 Å². The molecule has 0 bridgehead atoms. The molecule has 1 aliphatic heterocycles. The number of carbonyl (C=O) groups excluding carboxylic acids is 1. The Hall–Kier alpha value is -3.01. The zero-order valence-corrected chi connectivity index (χ0v) is 14.8. The smallest absolute Gasteiger partial charge is 0.340 e. The first-order valence-corrected chi connectivity index (χ1v) is 8.16. The van der Waals surface area contributed by atoms with Gasteiger partial charge in [-0.1, -0.05) is 0 Å². The van der Waals surface area contributed by atoms with E-state index >= 15 is 0 Å². The molecule has 138 valence electrons. The van der Waals surface area contributed by atoms with Crippen LogP contribution >= 0.6 is 0 Å². The number of aromatic nitrogens is 4. The Morgan fingerprint density at radius 2 is 2.04 bits per heavy atom.